The first-order valence-electron chi connectivity index (χ1n) is 5.37. The van der Waals surface area contributed by atoms with Gasteiger partial charge in [0.05, 0.1) is 12.7 Å². The first-order valence-corrected chi connectivity index (χ1v) is 5.37. The minimum Gasteiger partial charge on any atom is -0.493 e. The Labute approximate surface area is 105 Å². The van der Waals surface area contributed by atoms with Gasteiger partial charge in [0, 0.05) is 5.56 Å². The number of hydrogen-bond acceptors (Lipinski definition) is 4. The predicted molar refractivity (Wildman–Crippen MR) is 66.3 cm³/mol. The summed E-state index contributed by atoms with van der Waals surface area (Å²) >= 11 is 0. The Bertz CT molecular complexity index is 537. The van der Waals surface area contributed by atoms with Crippen molar-refractivity contribution in [1.29, 1.82) is 0 Å². The number of carbonyl (C=O) groups excluding carboxylic acids is 1. The van der Waals surface area contributed by atoms with E-state index in [1.165, 1.54) is 0 Å². The molecule has 4 nitrogen and oxygen atoms in total. The highest BCUT2D eigenvalue weighted by molar-refractivity contribution is 5.95. The average molecular weight is 244 g/mol. The number of methoxy groups -OCH3 is 1. The molecule has 1 aromatic carbocycles. The summed E-state index contributed by atoms with van der Waals surface area (Å²) < 4.78 is 15.5. The van der Waals surface area contributed by atoms with Crippen LogP contribution >= 0.6 is 0 Å². The Morgan fingerprint density at radius 1 is 1.56 bits per heavy atom. The van der Waals surface area contributed by atoms with Crippen LogP contribution in [-0.4, -0.2) is 26.3 Å². The summed E-state index contributed by atoms with van der Waals surface area (Å²) in [6, 6.07) is 5.47. The second-order valence-corrected chi connectivity index (χ2v) is 3.62. The zero-order valence-corrected chi connectivity index (χ0v) is 9.93. The normalized spacial score (nSPS) is 12.6. The van der Waals surface area contributed by atoms with E-state index in [1.54, 1.807) is 19.3 Å². The molecule has 0 bridgehead atoms. The third kappa shape index (κ3) is 2.30. The van der Waals surface area contributed by atoms with Gasteiger partial charge in [-0.15, -0.1) is 6.42 Å². The van der Waals surface area contributed by atoms with Gasteiger partial charge in [-0.1, -0.05) is 18.1 Å². The van der Waals surface area contributed by atoms with Crippen molar-refractivity contribution < 1.29 is 19.0 Å². The maximum atomic E-state index is 11.6. The second-order valence-electron chi connectivity index (χ2n) is 3.62. The lowest BCUT2D eigenvalue weighted by Gasteiger charge is -2.18. The molecule has 0 amide bonds. The topological polar surface area (TPSA) is 44.8 Å². The predicted octanol–water partition coefficient (Wildman–Crippen LogP) is 1.65. The molecule has 0 unspecified atom stereocenters. The molecule has 0 N–H and O–H groups in total. The fourth-order valence-electron chi connectivity index (χ4n) is 1.66. The Kier molecular flexibility index (Phi) is 3.54. The molecular weight excluding hydrogens is 232 g/mol. The van der Waals surface area contributed by atoms with E-state index in [-0.39, 0.29) is 13.2 Å². The molecule has 1 heterocycles. The summed E-state index contributed by atoms with van der Waals surface area (Å²) in [4.78, 5) is 11.6. The van der Waals surface area contributed by atoms with Crippen molar-refractivity contribution in [3.63, 3.8) is 0 Å². The molecule has 0 saturated heterocycles. The van der Waals surface area contributed by atoms with Gasteiger partial charge in [0.25, 0.3) is 0 Å². The molecule has 18 heavy (non-hydrogen) atoms. The molecule has 0 aliphatic carbocycles. The minimum atomic E-state index is -0.457. The van der Waals surface area contributed by atoms with E-state index in [2.05, 4.69) is 5.92 Å². The lowest BCUT2D eigenvalue weighted by molar-refractivity contribution is -0.137. The van der Waals surface area contributed by atoms with Crippen molar-refractivity contribution in [3.05, 3.63) is 29.3 Å². The Balaban J connectivity index is 2.26. The van der Waals surface area contributed by atoms with Gasteiger partial charge in [0.1, 0.15) is 6.61 Å². The molecule has 1 aliphatic heterocycles. The van der Waals surface area contributed by atoms with Crippen LogP contribution in [-0.2, 0) is 9.53 Å². The number of rotatable bonds is 3. The molecule has 0 spiro atoms. The number of hydrogen-bond donors (Lipinski definition) is 0. The van der Waals surface area contributed by atoms with E-state index in [1.807, 2.05) is 12.1 Å². The number of fused-ring (bicyclic) bond motifs is 1. The van der Waals surface area contributed by atoms with Gasteiger partial charge >= 0.3 is 5.97 Å². The van der Waals surface area contributed by atoms with Crippen LogP contribution in [0.2, 0.25) is 0 Å². The van der Waals surface area contributed by atoms with E-state index in [0.717, 1.165) is 5.56 Å². The van der Waals surface area contributed by atoms with Gasteiger partial charge in [-0.3, -0.25) is 0 Å². The van der Waals surface area contributed by atoms with Crippen LogP contribution in [0.3, 0.4) is 0 Å². The van der Waals surface area contributed by atoms with Crippen molar-refractivity contribution in [2.45, 2.75) is 0 Å². The van der Waals surface area contributed by atoms with Crippen LogP contribution in [0.25, 0.3) is 6.08 Å². The van der Waals surface area contributed by atoms with Crippen molar-refractivity contribution in [2.75, 3.05) is 20.3 Å². The molecule has 4 heteroatoms. The standard InChI is InChI=1S/C14H12O4/c1-3-7-17-14(15)11-8-10-5-4-6-12(16-2)13(10)18-9-11/h1,4-6,8H,7,9H2,2H3. The molecule has 0 radical (unpaired) electrons. The maximum Gasteiger partial charge on any atom is 0.338 e. The van der Waals surface area contributed by atoms with E-state index >= 15 is 0 Å². The Hall–Kier alpha value is -2.41. The lowest BCUT2D eigenvalue weighted by Crippen LogP contribution is -2.17. The molecule has 0 fully saturated rings. The highest BCUT2D eigenvalue weighted by Gasteiger charge is 2.20. The SMILES string of the molecule is C#CCOC(=O)C1=Cc2cccc(OC)c2OC1. The monoisotopic (exact) mass is 244 g/mol. The molecule has 0 aromatic heterocycles. The Morgan fingerprint density at radius 2 is 2.39 bits per heavy atom. The van der Waals surface area contributed by atoms with Gasteiger partial charge in [-0.2, -0.15) is 0 Å². The van der Waals surface area contributed by atoms with Crippen LogP contribution in [0.15, 0.2) is 23.8 Å². The van der Waals surface area contributed by atoms with Gasteiger partial charge < -0.3 is 14.2 Å². The minimum absolute atomic E-state index is 0.0405. The molecular formula is C14H12O4. The van der Waals surface area contributed by atoms with Gasteiger partial charge in [-0.05, 0) is 12.1 Å². The molecule has 1 aliphatic rings. The zero-order chi connectivity index (χ0) is 13.0. The molecule has 92 valence electrons. The van der Waals surface area contributed by atoms with Crippen molar-refractivity contribution in [2.24, 2.45) is 0 Å². The van der Waals surface area contributed by atoms with E-state index in [4.69, 9.17) is 20.6 Å². The van der Waals surface area contributed by atoms with Gasteiger partial charge in [0.2, 0.25) is 0 Å². The number of benzene rings is 1. The number of ether oxygens (including phenoxy) is 3. The Morgan fingerprint density at radius 3 is 3.11 bits per heavy atom. The smallest absolute Gasteiger partial charge is 0.338 e. The summed E-state index contributed by atoms with van der Waals surface area (Å²) in [7, 11) is 1.57. The van der Waals surface area contributed by atoms with Crippen LogP contribution in [0.5, 0.6) is 11.5 Å². The molecule has 1 aromatic rings. The molecule has 0 atom stereocenters. The summed E-state index contributed by atoms with van der Waals surface area (Å²) in [5, 5.41) is 0. The van der Waals surface area contributed by atoms with E-state index in [0.29, 0.717) is 17.1 Å². The summed E-state index contributed by atoms with van der Waals surface area (Å²) in [6.45, 7) is 0.109. The van der Waals surface area contributed by atoms with Crippen LogP contribution < -0.4 is 9.47 Å². The van der Waals surface area contributed by atoms with Crippen molar-refractivity contribution in [1.82, 2.24) is 0 Å². The highest BCUT2D eigenvalue weighted by atomic mass is 16.5. The fraction of sp³-hybridized carbons (Fsp3) is 0.214. The van der Waals surface area contributed by atoms with Gasteiger partial charge in [-0.25, -0.2) is 4.79 Å². The third-order valence-corrected chi connectivity index (χ3v) is 2.48. The number of carbonyl (C=O) groups is 1. The van der Waals surface area contributed by atoms with E-state index in [9.17, 15) is 4.79 Å². The number of esters is 1. The third-order valence-electron chi connectivity index (χ3n) is 2.48. The first kappa shape index (κ1) is 12.1. The van der Waals surface area contributed by atoms with Crippen LogP contribution in [0, 0.1) is 12.3 Å². The first-order chi connectivity index (χ1) is 8.76. The van der Waals surface area contributed by atoms with Crippen LogP contribution in [0.4, 0.5) is 0 Å². The highest BCUT2D eigenvalue weighted by Crippen LogP contribution is 2.35. The molecule has 0 saturated carbocycles. The lowest BCUT2D eigenvalue weighted by atomic mass is 10.1. The van der Waals surface area contributed by atoms with Gasteiger partial charge in [0.15, 0.2) is 18.1 Å². The fourth-order valence-corrected chi connectivity index (χ4v) is 1.66. The zero-order valence-electron chi connectivity index (χ0n) is 9.93. The largest absolute Gasteiger partial charge is 0.493 e. The summed E-state index contributed by atoms with van der Waals surface area (Å²) in [5.41, 5.74) is 1.22. The average Bonchev–Trinajstić information content (AvgIpc) is 2.43. The number of para-hydroxylation sites is 1. The van der Waals surface area contributed by atoms with E-state index < -0.39 is 5.97 Å². The number of terminal acetylenes is 1. The molecule has 2 rings (SSSR count). The van der Waals surface area contributed by atoms with Crippen molar-refractivity contribution in [3.8, 4) is 23.8 Å². The summed E-state index contributed by atoms with van der Waals surface area (Å²) in [5.74, 6) is 3.06. The second kappa shape index (κ2) is 5.28. The quantitative estimate of drug-likeness (QED) is 0.599. The maximum absolute atomic E-state index is 11.6. The van der Waals surface area contributed by atoms with Crippen LogP contribution in [0.1, 0.15) is 5.56 Å². The summed E-state index contributed by atoms with van der Waals surface area (Å²) in [6.07, 6.45) is 6.75. The van der Waals surface area contributed by atoms with Crippen molar-refractivity contribution >= 4 is 12.0 Å².